The van der Waals surface area contributed by atoms with Crippen LogP contribution >= 0.6 is 0 Å². The summed E-state index contributed by atoms with van der Waals surface area (Å²) in [6.07, 6.45) is 0.965. The molecular weight excluding hydrogens is 340 g/mol. The predicted octanol–water partition coefficient (Wildman–Crippen LogP) is 1.21. The first-order chi connectivity index (χ1) is 11.8. The fourth-order valence-electron chi connectivity index (χ4n) is 3.61. The van der Waals surface area contributed by atoms with Crippen molar-refractivity contribution in [1.29, 1.82) is 0 Å². The Morgan fingerprint density at radius 1 is 1.20 bits per heavy atom. The fourth-order valence-corrected chi connectivity index (χ4v) is 5.28. The zero-order valence-electron chi connectivity index (χ0n) is 14.8. The van der Waals surface area contributed by atoms with E-state index in [0.29, 0.717) is 12.0 Å². The van der Waals surface area contributed by atoms with Gasteiger partial charge in [-0.25, -0.2) is 8.42 Å². The van der Waals surface area contributed by atoms with Gasteiger partial charge < -0.3 is 10.1 Å². The quantitative estimate of drug-likeness (QED) is 0.867. The number of nitrogens with one attached hydrogen (secondary N) is 1. The largest absolute Gasteiger partial charge is 0.373 e. The zero-order chi connectivity index (χ0) is 18.0. The minimum atomic E-state index is -2.99. The molecule has 2 aliphatic heterocycles. The molecule has 1 amide bonds. The van der Waals surface area contributed by atoms with Crippen LogP contribution in [0.1, 0.15) is 36.2 Å². The molecule has 1 aromatic carbocycles. The van der Waals surface area contributed by atoms with Crippen LogP contribution in [0, 0.1) is 0 Å². The van der Waals surface area contributed by atoms with E-state index >= 15 is 0 Å². The molecular formula is C18H26N2O4S. The maximum absolute atomic E-state index is 12.3. The Bertz CT molecular complexity index is 707. The van der Waals surface area contributed by atoms with Crippen LogP contribution < -0.4 is 5.32 Å². The van der Waals surface area contributed by atoms with E-state index in [2.05, 4.69) is 24.1 Å². The van der Waals surface area contributed by atoms with Gasteiger partial charge in [0.2, 0.25) is 0 Å². The first-order valence-electron chi connectivity index (χ1n) is 8.79. The SMILES string of the molecule is C[C@@H]1CN(Cc2ccc(C(=O)N[C@@H]3CCS(=O)(=O)C3)cc2)C[C@@H](C)O1. The average Bonchev–Trinajstić information content (AvgIpc) is 2.85. The molecule has 138 valence electrons. The maximum Gasteiger partial charge on any atom is 0.251 e. The number of benzene rings is 1. The number of amides is 1. The third-order valence-electron chi connectivity index (χ3n) is 4.69. The van der Waals surface area contributed by atoms with Crippen LogP contribution in [0.25, 0.3) is 0 Å². The molecule has 0 aliphatic carbocycles. The Labute approximate surface area is 149 Å². The number of hydrogen-bond acceptors (Lipinski definition) is 5. The van der Waals surface area contributed by atoms with E-state index in [9.17, 15) is 13.2 Å². The number of ether oxygens (including phenoxy) is 1. The van der Waals surface area contributed by atoms with Gasteiger partial charge in [-0.15, -0.1) is 0 Å². The molecule has 0 unspecified atom stereocenters. The molecule has 0 saturated carbocycles. The van der Waals surface area contributed by atoms with Crippen molar-refractivity contribution in [1.82, 2.24) is 10.2 Å². The number of hydrogen-bond donors (Lipinski definition) is 1. The van der Waals surface area contributed by atoms with Gasteiger partial charge in [-0.1, -0.05) is 12.1 Å². The van der Waals surface area contributed by atoms with Crippen molar-refractivity contribution in [2.45, 2.75) is 45.1 Å². The van der Waals surface area contributed by atoms with Crippen LogP contribution in [-0.2, 0) is 21.1 Å². The fraction of sp³-hybridized carbons (Fsp3) is 0.611. The third kappa shape index (κ3) is 5.03. The molecule has 1 N–H and O–H groups in total. The standard InChI is InChI=1S/C18H26N2O4S/c1-13-9-20(10-14(2)24-13)11-15-3-5-16(6-4-15)18(21)19-17-7-8-25(22,23)12-17/h3-6,13-14,17H,7-12H2,1-2H3,(H,19,21)/t13-,14-,17-/m1/s1. The van der Waals surface area contributed by atoms with Gasteiger partial charge in [0.05, 0.1) is 23.7 Å². The summed E-state index contributed by atoms with van der Waals surface area (Å²) in [7, 11) is -2.99. The van der Waals surface area contributed by atoms with Crippen LogP contribution in [0.5, 0.6) is 0 Å². The van der Waals surface area contributed by atoms with Gasteiger partial charge >= 0.3 is 0 Å². The summed E-state index contributed by atoms with van der Waals surface area (Å²) in [6.45, 7) is 6.81. The molecule has 1 aromatic rings. The number of carbonyl (C=O) groups excluding carboxylic acids is 1. The first-order valence-corrected chi connectivity index (χ1v) is 10.6. The lowest BCUT2D eigenvalue weighted by Gasteiger charge is -2.35. The second kappa shape index (κ2) is 7.43. The molecule has 0 radical (unpaired) electrons. The van der Waals surface area contributed by atoms with Crippen molar-refractivity contribution in [3.8, 4) is 0 Å². The van der Waals surface area contributed by atoms with Crippen molar-refractivity contribution < 1.29 is 17.9 Å². The molecule has 25 heavy (non-hydrogen) atoms. The molecule has 3 atom stereocenters. The third-order valence-corrected chi connectivity index (χ3v) is 6.45. The van der Waals surface area contributed by atoms with Crippen molar-refractivity contribution in [2.24, 2.45) is 0 Å². The molecule has 0 spiro atoms. The van der Waals surface area contributed by atoms with Gasteiger partial charge in [0, 0.05) is 31.2 Å². The van der Waals surface area contributed by atoms with E-state index in [1.807, 2.05) is 12.1 Å². The van der Waals surface area contributed by atoms with E-state index < -0.39 is 9.84 Å². The molecule has 7 heteroatoms. The Kier molecular flexibility index (Phi) is 5.46. The molecule has 2 heterocycles. The van der Waals surface area contributed by atoms with Crippen molar-refractivity contribution in [3.05, 3.63) is 35.4 Å². The summed E-state index contributed by atoms with van der Waals surface area (Å²) >= 11 is 0. The highest BCUT2D eigenvalue weighted by molar-refractivity contribution is 7.91. The number of nitrogens with zero attached hydrogens (tertiary/aromatic N) is 1. The summed E-state index contributed by atoms with van der Waals surface area (Å²) in [5, 5.41) is 2.82. The van der Waals surface area contributed by atoms with Crippen LogP contribution in [0.3, 0.4) is 0 Å². The number of sulfone groups is 1. The van der Waals surface area contributed by atoms with E-state index in [1.165, 1.54) is 0 Å². The van der Waals surface area contributed by atoms with Gasteiger partial charge in [0.25, 0.3) is 5.91 Å². The summed E-state index contributed by atoms with van der Waals surface area (Å²) in [4.78, 5) is 14.6. The van der Waals surface area contributed by atoms with Gasteiger partial charge in [-0.3, -0.25) is 9.69 Å². The monoisotopic (exact) mass is 366 g/mol. The van der Waals surface area contributed by atoms with E-state index in [-0.39, 0.29) is 35.7 Å². The first kappa shape index (κ1) is 18.4. The second-order valence-corrected chi connectivity index (χ2v) is 9.45. The Hall–Kier alpha value is -1.44. The van der Waals surface area contributed by atoms with Crippen molar-refractivity contribution in [2.75, 3.05) is 24.6 Å². The van der Waals surface area contributed by atoms with Gasteiger partial charge in [-0.05, 0) is 38.0 Å². The van der Waals surface area contributed by atoms with E-state index in [4.69, 9.17) is 4.74 Å². The van der Waals surface area contributed by atoms with E-state index in [0.717, 1.165) is 25.2 Å². The van der Waals surface area contributed by atoms with Gasteiger partial charge in [-0.2, -0.15) is 0 Å². The lowest BCUT2D eigenvalue weighted by Crippen LogP contribution is -2.44. The molecule has 6 nitrogen and oxygen atoms in total. The van der Waals surface area contributed by atoms with Gasteiger partial charge in [0.15, 0.2) is 9.84 Å². The van der Waals surface area contributed by atoms with Gasteiger partial charge in [0.1, 0.15) is 0 Å². The summed E-state index contributed by atoms with van der Waals surface area (Å²) in [6, 6.07) is 7.27. The predicted molar refractivity (Wildman–Crippen MR) is 96.3 cm³/mol. The topological polar surface area (TPSA) is 75.7 Å². The lowest BCUT2D eigenvalue weighted by molar-refractivity contribution is -0.0704. The van der Waals surface area contributed by atoms with Crippen LogP contribution in [0.15, 0.2) is 24.3 Å². The average molecular weight is 366 g/mol. The summed E-state index contributed by atoms with van der Waals surface area (Å²) in [5.74, 6) is -0.000379. The molecule has 0 aromatic heterocycles. The second-order valence-electron chi connectivity index (χ2n) is 7.22. The molecule has 0 bridgehead atoms. The highest BCUT2D eigenvalue weighted by atomic mass is 32.2. The smallest absolute Gasteiger partial charge is 0.251 e. The zero-order valence-corrected chi connectivity index (χ0v) is 15.6. The minimum absolute atomic E-state index is 0.0459. The van der Waals surface area contributed by atoms with Crippen molar-refractivity contribution in [3.63, 3.8) is 0 Å². The van der Waals surface area contributed by atoms with Crippen molar-refractivity contribution >= 4 is 15.7 Å². The number of rotatable bonds is 4. The highest BCUT2D eigenvalue weighted by Gasteiger charge is 2.29. The maximum atomic E-state index is 12.3. The number of morpholine rings is 1. The molecule has 2 saturated heterocycles. The summed E-state index contributed by atoms with van der Waals surface area (Å²) < 4.78 is 28.7. The molecule has 2 fully saturated rings. The summed E-state index contributed by atoms with van der Waals surface area (Å²) in [5.41, 5.74) is 1.72. The van der Waals surface area contributed by atoms with Crippen LogP contribution in [0.2, 0.25) is 0 Å². The Morgan fingerprint density at radius 3 is 2.40 bits per heavy atom. The lowest BCUT2D eigenvalue weighted by atomic mass is 10.1. The van der Waals surface area contributed by atoms with Crippen LogP contribution in [-0.4, -0.2) is 62.1 Å². The van der Waals surface area contributed by atoms with Crippen LogP contribution in [0.4, 0.5) is 0 Å². The normalized spacial score (nSPS) is 29.4. The molecule has 3 rings (SSSR count). The Balaban J connectivity index is 1.55. The molecule has 2 aliphatic rings. The Morgan fingerprint density at radius 2 is 1.84 bits per heavy atom. The number of carbonyl (C=O) groups is 1. The minimum Gasteiger partial charge on any atom is -0.373 e. The highest BCUT2D eigenvalue weighted by Crippen LogP contribution is 2.16. The van der Waals surface area contributed by atoms with E-state index in [1.54, 1.807) is 12.1 Å².